The second kappa shape index (κ2) is 4.94. The van der Waals surface area contributed by atoms with Gasteiger partial charge in [-0.05, 0) is 19.1 Å². The van der Waals surface area contributed by atoms with Crippen LogP contribution in [0.1, 0.15) is 10.6 Å². The van der Waals surface area contributed by atoms with Crippen molar-refractivity contribution in [3.05, 3.63) is 46.4 Å². The molecule has 0 spiro atoms. The van der Waals surface area contributed by atoms with Gasteiger partial charge in [-0.2, -0.15) is 0 Å². The first-order chi connectivity index (χ1) is 7.34. The Morgan fingerprint density at radius 1 is 1.27 bits per heavy atom. The number of thiazole rings is 1. The van der Waals surface area contributed by atoms with Crippen LogP contribution in [-0.2, 0) is 6.42 Å². The average molecular weight is 218 g/mol. The van der Waals surface area contributed by atoms with Crippen LogP contribution in [0.2, 0.25) is 0 Å². The van der Waals surface area contributed by atoms with Gasteiger partial charge in [0.15, 0.2) is 0 Å². The van der Waals surface area contributed by atoms with E-state index in [-0.39, 0.29) is 0 Å². The Labute approximate surface area is 94.0 Å². The monoisotopic (exact) mass is 218 g/mol. The maximum atomic E-state index is 4.24. The van der Waals surface area contributed by atoms with Crippen LogP contribution in [0.5, 0.6) is 0 Å². The number of nitrogens with zero attached hydrogens (tertiary/aromatic N) is 1. The Balaban J connectivity index is 1.81. The lowest BCUT2D eigenvalue weighted by Crippen LogP contribution is -2.04. The molecule has 0 bridgehead atoms. The van der Waals surface area contributed by atoms with Crippen LogP contribution in [0.15, 0.2) is 35.8 Å². The maximum absolute atomic E-state index is 4.24. The third-order valence-corrected chi connectivity index (χ3v) is 3.04. The second-order valence-electron chi connectivity index (χ2n) is 3.47. The van der Waals surface area contributed by atoms with Gasteiger partial charge in [-0.1, -0.05) is 17.7 Å². The van der Waals surface area contributed by atoms with E-state index in [0.717, 1.165) is 13.0 Å². The van der Waals surface area contributed by atoms with Gasteiger partial charge in [0.05, 0.1) is 5.01 Å². The summed E-state index contributed by atoms with van der Waals surface area (Å²) in [5, 5.41) is 6.58. The van der Waals surface area contributed by atoms with Crippen molar-refractivity contribution in [2.24, 2.45) is 0 Å². The normalized spacial score (nSPS) is 10.2. The van der Waals surface area contributed by atoms with Gasteiger partial charge in [0.25, 0.3) is 0 Å². The van der Waals surface area contributed by atoms with E-state index in [0.29, 0.717) is 0 Å². The van der Waals surface area contributed by atoms with E-state index in [1.54, 1.807) is 11.3 Å². The van der Waals surface area contributed by atoms with E-state index < -0.39 is 0 Å². The fourth-order valence-corrected chi connectivity index (χ4v) is 1.98. The Morgan fingerprint density at radius 2 is 2.07 bits per heavy atom. The van der Waals surface area contributed by atoms with E-state index in [1.165, 1.54) is 16.3 Å². The smallest absolute Gasteiger partial charge is 0.0942 e. The fraction of sp³-hybridized carbons (Fsp3) is 0.250. The van der Waals surface area contributed by atoms with Gasteiger partial charge in [-0.15, -0.1) is 11.3 Å². The molecule has 3 heteroatoms. The lowest BCUT2D eigenvalue weighted by molar-refractivity contribution is 0.998. The van der Waals surface area contributed by atoms with Gasteiger partial charge in [-0.3, -0.25) is 0 Å². The number of aromatic nitrogens is 1. The van der Waals surface area contributed by atoms with Crippen molar-refractivity contribution in [1.29, 1.82) is 0 Å². The molecule has 2 nitrogen and oxygen atoms in total. The molecule has 1 aromatic heterocycles. The summed E-state index contributed by atoms with van der Waals surface area (Å²) >= 11 is 1.71. The third kappa shape index (κ3) is 3.06. The van der Waals surface area contributed by atoms with Crippen LogP contribution in [-0.4, -0.2) is 11.5 Å². The van der Waals surface area contributed by atoms with Crippen molar-refractivity contribution >= 4 is 17.0 Å². The summed E-state index contributed by atoms with van der Waals surface area (Å²) in [6, 6.07) is 8.45. The lowest BCUT2D eigenvalue weighted by atomic mass is 10.2. The van der Waals surface area contributed by atoms with Gasteiger partial charge in [0.2, 0.25) is 0 Å². The summed E-state index contributed by atoms with van der Waals surface area (Å²) in [4.78, 5) is 4.24. The van der Waals surface area contributed by atoms with Crippen molar-refractivity contribution in [3.63, 3.8) is 0 Å². The number of anilines is 1. The Kier molecular flexibility index (Phi) is 3.35. The summed E-state index contributed by atoms with van der Waals surface area (Å²) in [5.74, 6) is 0. The molecule has 0 amide bonds. The zero-order valence-corrected chi connectivity index (χ0v) is 9.55. The van der Waals surface area contributed by atoms with Crippen LogP contribution in [0.4, 0.5) is 5.69 Å². The van der Waals surface area contributed by atoms with E-state index >= 15 is 0 Å². The summed E-state index contributed by atoms with van der Waals surface area (Å²) in [5.41, 5.74) is 2.47. The zero-order valence-electron chi connectivity index (χ0n) is 8.73. The number of nitrogens with one attached hydrogen (secondary N) is 1. The van der Waals surface area contributed by atoms with E-state index in [1.807, 2.05) is 11.6 Å². The summed E-state index contributed by atoms with van der Waals surface area (Å²) < 4.78 is 0. The minimum atomic E-state index is 0.941. The molecule has 0 radical (unpaired) electrons. The molecule has 0 saturated carbocycles. The first kappa shape index (κ1) is 10.2. The highest BCUT2D eigenvalue weighted by molar-refractivity contribution is 7.09. The summed E-state index contributed by atoms with van der Waals surface area (Å²) in [6.45, 7) is 3.04. The first-order valence-corrected chi connectivity index (χ1v) is 5.91. The van der Waals surface area contributed by atoms with Crippen molar-refractivity contribution in [1.82, 2.24) is 4.98 Å². The second-order valence-corrected chi connectivity index (χ2v) is 4.45. The van der Waals surface area contributed by atoms with Crippen molar-refractivity contribution in [2.75, 3.05) is 11.9 Å². The predicted molar refractivity (Wildman–Crippen MR) is 65.5 cm³/mol. The van der Waals surface area contributed by atoms with E-state index in [9.17, 15) is 0 Å². The van der Waals surface area contributed by atoms with Gasteiger partial charge in [-0.25, -0.2) is 4.98 Å². The molecule has 0 saturated heterocycles. The molecule has 0 aliphatic carbocycles. The summed E-state index contributed by atoms with van der Waals surface area (Å²) in [7, 11) is 0. The number of benzene rings is 1. The van der Waals surface area contributed by atoms with Crippen LogP contribution in [0.25, 0.3) is 0 Å². The molecule has 0 aliphatic heterocycles. The maximum Gasteiger partial charge on any atom is 0.0942 e. The topological polar surface area (TPSA) is 24.9 Å². The molecule has 2 aromatic rings. The van der Waals surface area contributed by atoms with Gasteiger partial charge in [0.1, 0.15) is 0 Å². The van der Waals surface area contributed by atoms with Crippen LogP contribution in [0.3, 0.4) is 0 Å². The molecule has 1 heterocycles. The van der Waals surface area contributed by atoms with Crippen LogP contribution < -0.4 is 5.32 Å². The molecule has 2 rings (SSSR count). The predicted octanol–water partition coefficient (Wildman–Crippen LogP) is 3.11. The van der Waals surface area contributed by atoms with Crippen LogP contribution in [0, 0.1) is 6.92 Å². The van der Waals surface area contributed by atoms with Crippen molar-refractivity contribution in [3.8, 4) is 0 Å². The third-order valence-electron chi connectivity index (χ3n) is 2.20. The molecule has 0 aliphatic rings. The fourth-order valence-electron chi connectivity index (χ4n) is 1.36. The zero-order chi connectivity index (χ0) is 10.5. The Morgan fingerprint density at radius 3 is 2.73 bits per heavy atom. The number of hydrogen-bond acceptors (Lipinski definition) is 3. The highest BCUT2D eigenvalue weighted by atomic mass is 32.1. The number of aryl methyl sites for hydroxylation is 1. The molecule has 78 valence electrons. The highest BCUT2D eigenvalue weighted by Crippen LogP contribution is 2.09. The Hall–Kier alpha value is -1.35. The SMILES string of the molecule is Cc1ccc(NCCc2nccs2)cc1. The molecule has 1 aromatic carbocycles. The van der Waals surface area contributed by atoms with Crippen molar-refractivity contribution in [2.45, 2.75) is 13.3 Å². The minimum absolute atomic E-state index is 0.941. The number of hydrogen-bond donors (Lipinski definition) is 1. The molecular formula is C12H14N2S. The molecule has 0 atom stereocenters. The highest BCUT2D eigenvalue weighted by Gasteiger charge is 1.95. The molecule has 0 fully saturated rings. The van der Waals surface area contributed by atoms with Gasteiger partial charge in [0, 0.05) is 30.2 Å². The quantitative estimate of drug-likeness (QED) is 0.853. The van der Waals surface area contributed by atoms with Gasteiger partial charge >= 0.3 is 0 Å². The molecular weight excluding hydrogens is 204 g/mol. The standard InChI is InChI=1S/C12H14N2S/c1-10-2-4-11(5-3-10)13-7-6-12-14-8-9-15-12/h2-5,8-9,13H,6-7H2,1H3. The first-order valence-electron chi connectivity index (χ1n) is 5.03. The van der Waals surface area contributed by atoms with E-state index in [2.05, 4.69) is 41.5 Å². The Bertz CT molecular complexity index is 392. The molecule has 15 heavy (non-hydrogen) atoms. The minimum Gasteiger partial charge on any atom is -0.385 e. The summed E-state index contributed by atoms with van der Waals surface area (Å²) in [6.07, 6.45) is 2.84. The largest absolute Gasteiger partial charge is 0.385 e. The van der Waals surface area contributed by atoms with Crippen molar-refractivity contribution < 1.29 is 0 Å². The molecule has 1 N–H and O–H groups in total. The van der Waals surface area contributed by atoms with Gasteiger partial charge < -0.3 is 5.32 Å². The van der Waals surface area contributed by atoms with E-state index in [4.69, 9.17) is 0 Å². The molecule has 0 unspecified atom stereocenters. The number of rotatable bonds is 4. The average Bonchev–Trinajstić information content (AvgIpc) is 2.74. The van der Waals surface area contributed by atoms with Crippen LogP contribution >= 0.6 is 11.3 Å². The lowest BCUT2D eigenvalue weighted by Gasteiger charge is -2.04.